The summed E-state index contributed by atoms with van der Waals surface area (Å²) in [5.41, 5.74) is 0.0290. The van der Waals surface area contributed by atoms with Crippen LogP contribution in [-0.2, 0) is 6.54 Å². The van der Waals surface area contributed by atoms with E-state index < -0.39 is 0 Å². The molecular formula is C9H11NOS. The fourth-order valence-electron chi connectivity index (χ4n) is 0.874. The van der Waals surface area contributed by atoms with Crippen LogP contribution in [-0.4, -0.2) is 10.3 Å². The van der Waals surface area contributed by atoms with Crippen molar-refractivity contribution in [1.82, 2.24) is 4.57 Å². The highest BCUT2D eigenvalue weighted by molar-refractivity contribution is 7.80. The summed E-state index contributed by atoms with van der Waals surface area (Å²) in [5.74, 6) is 0.710. The van der Waals surface area contributed by atoms with E-state index in [1.54, 1.807) is 22.9 Å². The molecule has 64 valence electrons. The van der Waals surface area contributed by atoms with Gasteiger partial charge in [0.15, 0.2) is 0 Å². The molecule has 0 saturated heterocycles. The van der Waals surface area contributed by atoms with Crippen LogP contribution in [0.15, 0.2) is 41.3 Å². The fourth-order valence-corrected chi connectivity index (χ4v) is 1.02. The van der Waals surface area contributed by atoms with Crippen LogP contribution in [0.1, 0.15) is 0 Å². The van der Waals surface area contributed by atoms with Crippen LogP contribution >= 0.6 is 12.6 Å². The van der Waals surface area contributed by atoms with Crippen molar-refractivity contribution < 1.29 is 0 Å². The van der Waals surface area contributed by atoms with Crippen LogP contribution in [0.3, 0.4) is 0 Å². The van der Waals surface area contributed by atoms with Crippen molar-refractivity contribution in [2.45, 2.75) is 6.54 Å². The fraction of sp³-hybridized carbons (Fsp3) is 0.222. The van der Waals surface area contributed by atoms with Gasteiger partial charge in [-0.25, -0.2) is 0 Å². The van der Waals surface area contributed by atoms with Gasteiger partial charge in [-0.2, -0.15) is 12.6 Å². The van der Waals surface area contributed by atoms with Gasteiger partial charge in [-0.3, -0.25) is 4.79 Å². The van der Waals surface area contributed by atoms with Gasteiger partial charge in [-0.05, 0) is 6.07 Å². The van der Waals surface area contributed by atoms with E-state index in [0.717, 1.165) is 0 Å². The van der Waals surface area contributed by atoms with Gasteiger partial charge in [0.2, 0.25) is 0 Å². The predicted octanol–water partition coefficient (Wildman–Crippen LogP) is 1.33. The molecule has 0 aliphatic heterocycles. The van der Waals surface area contributed by atoms with Gasteiger partial charge in [0.05, 0.1) is 0 Å². The van der Waals surface area contributed by atoms with E-state index in [2.05, 4.69) is 12.6 Å². The van der Waals surface area contributed by atoms with Gasteiger partial charge in [0, 0.05) is 24.6 Å². The molecule has 0 aliphatic carbocycles. The number of rotatable bonds is 3. The van der Waals surface area contributed by atoms with Gasteiger partial charge in [0.1, 0.15) is 0 Å². The normalized spacial score (nSPS) is 10.8. The molecule has 1 aromatic heterocycles. The highest BCUT2D eigenvalue weighted by Gasteiger charge is 1.87. The van der Waals surface area contributed by atoms with E-state index in [0.29, 0.717) is 12.3 Å². The Balaban J connectivity index is 2.70. The topological polar surface area (TPSA) is 22.0 Å². The zero-order valence-electron chi connectivity index (χ0n) is 6.68. The predicted molar refractivity (Wildman–Crippen MR) is 53.7 cm³/mol. The maximum Gasteiger partial charge on any atom is 0.250 e. The second-order valence-corrected chi connectivity index (χ2v) is 2.71. The summed E-state index contributed by atoms with van der Waals surface area (Å²) in [4.78, 5) is 11.1. The molecule has 0 saturated carbocycles. The minimum Gasteiger partial charge on any atom is -0.312 e. The summed E-state index contributed by atoms with van der Waals surface area (Å²) in [7, 11) is 0. The van der Waals surface area contributed by atoms with E-state index in [4.69, 9.17) is 0 Å². The number of aromatic nitrogens is 1. The van der Waals surface area contributed by atoms with E-state index >= 15 is 0 Å². The number of hydrogen-bond donors (Lipinski definition) is 1. The zero-order chi connectivity index (χ0) is 8.81. The van der Waals surface area contributed by atoms with Crippen molar-refractivity contribution in [1.29, 1.82) is 0 Å². The minimum absolute atomic E-state index is 0.0290. The Hall–Kier alpha value is -0.960. The number of nitrogens with zero attached hydrogens (tertiary/aromatic N) is 1. The third kappa shape index (κ3) is 2.58. The Labute approximate surface area is 76.9 Å². The average molecular weight is 181 g/mol. The van der Waals surface area contributed by atoms with Crippen molar-refractivity contribution >= 4 is 12.6 Å². The van der Waals surface area contributed by atoms with Crippen molar-refractivity contribution in [3.05, 3.63) is 46.9 Å². The van der Waals surface area contributed by atoms with Gasteiger partial charge in [-0.1, -0.05) is 18.2 Å². The Kier molecular flexibility index (Phi) is 3.67. The molecular weight excluding hydrogens is 170 g/mol. The maximum atomic E-state index is 11.1. The molecule has 0 spiro atoms. The number of hydrogen-bond acceptors (Lipinski definition) is 2. The van der Waals surface area contributed by atoms with Crippen LogP contribution in [0.25, 0.3) is 0 Å². The zero-order valence-corrected chi connectivity index (χ0v) is 7.58. The van der Waals surface area contributed by atoms with E-state index in [1.807, 2.05) is 18.2 Å². The average Bonchev–Trinajstić information content (AvgIpc) is 2.09. The van der Waals surface area contributed by atoms with Crippen molar-refractivity contribution in [2.24, 2.45) is 0 Å². The quantitative estimate of drug-likeness (QED) is 0.551. The van der Waals surface area contributed by atoms with Crippen molar-refractivity contribution in [3.63, 3.8) is 0 Å². The molecule has 1 aromatic rings. The van der Waals surface area contributed by atoms with Crippen LogP contribution in [0, 0.1) is 0 Å². The van der Waals surface area contributed by atoms with Gasteiger partial charge < -0.3 is 4.57 Å². The molecule has 0 unspecified atom stereocenters. The molecule has 1 heterocycles. The van der Waals surface area contributed by atoms with Crippen LogP contribution < -0.4 is 5.56 Å². The molecule has 0 radical (unpaired) electrons. The summed E-state index contributed by atoms with van der Waals surface area (Å²) < 4.78 is 1.64. The molecule has 0 fully saturated rings. The lowest BCUT2D eigenvalue weighted by Gasteiger charge is -1.98. The lowest BCUT2D eigenvalue weighted by atomic mass is 10.4. The summed E-state index contributed by atoms with van der Waals surface area (Å²) >= 11 is 4.02. The van der Waals surface area contributed by atoms with Crippen molar-refractivity contribution in [3.8, 4) is 0 Å². The molecule has 12 heavy (non-hydrogen) atoms. The number of thiol groups is 1. The lowest BCUT2D eigenvalue weighted by Crippen LogP contribution is -2.16. The first-order valence-electron chi connectivity index (χ1n) is 3.76. The molecule has 0 atom stereocenters. The summed E-state index contributed by atoms with van der Waals surface area (Å²) in [6.07, 6.45) is 5.61. The summed E-state index contributed by atoms with van der Waals surface area (Å²) in [6.45, 7) is 0.625. The molecule has 0 bridgehead atoms. The monoisotopic (exact) mass is 181 g/mol. The summed E-state index contributed by atoms with van der Waals surface area (Å²) in [5, 5.41) is 0. The van der Waals surface area contributed by atoms with Gasteiger partial charge in [-0.15, -0.1) is 0 Å². The number of pyridine rings is 1. The van der Waals surface area contributed by atoms with Crippen LogP contribution in [0.2, 0.25) is 0 Å². The third-order valence-electron chi connectivity index (χ3n) is 1.47. The molecule has 0 amide bonds. The van der Waals surface area contributed by atoms with E-state index in [9.17, 15) is 4.79 Å². The Morgan fingerprint density at radius 3 is 2.92 bits per heavy atom. The SMILES string of the molecule is O=c1ccccn1C/C=C/CS. The number of allylic oxidation sites excluding steroid dienone is 1. The highest BCUT2D eigenvalue weighted by Crippen LogP contribution is 1.84. The summed E-state index contributed by atoms with van der Waals surface area (Å²) in [6, 6.07) is 5.13. The van der Waals surface area contributed by atoms with Crippen molar-refractivity contribution in [2.75, 3.05) is 5.75 Å². The smallest absolute Gasteiger partial charge is 0.250 e. The van der Waals surface area contributed by atoms with Gasteiger partial charge in [0.25, 0.3) is 5.56 Å². The second kappa shape index (κ2) is 4.83. The first-order valence-corrected chi connectivity index (χ1v) is 4.39. The van der Waals surface area contributed by atoms with E-state index in [-0.39, 0.29) is 5.56 Å². The maximum absolute atomic E-state index is 11.1. The van der Waals surface area contributed by atoms with Gasteiger partial charge >= 0.3 is 0 Å². The second-order valence-electron chi connectivity index (χ2n) is 2.35. The Morgan fingerprint density at radius 1 is 1.42 bits per heavy atom. The largest absolute Gasteiger partial charge is 0.312 e. The molecule has 0 aliphatic rings. The Bertz CT molecular complexity index is 316. The third-order valence-corrected chi connectivity index (χ3v) is 1.68. The molecule has 0 N–H and O–H groups in total. The molecule has 2 nitrogen and oxygen atoms in total. The first-order chi connectivity index (χ1) is 5.84. The highest BCUT2D eigenvalue weighted by atomic mass is 32.1. The van der Waals surface area contributed by atoms with Crippen LogP contribution in [0.5, 0.6) is 0 Å². The van der Waals surface area contributed by atoms with Crippen LogP contribution in [0.4, 0.5) is 0 Å². The minimum atomic E-state index is 0.0290. The lowest BCUT2D eigenvalue weighted by molar-refractivity contribution is 0.778. The molecule has 1 rings (SSSR count). The molecule has 3 heteroatoms. The molecule has 0 aromatic carbocycles. The standard InChI is InChI=1S/C9H11NOS/c11-9-5-1-2-6-10(9)7-3-4-8-12/h1-6,12H,7-8H2/b4-3+. The first kappa shape index (κ1) is 9.13. The van der Waals surface area contributed by atoms with E-state index in [1.165, 1.54) is 0 Å². The Morgan fingerprint density at radius 2 is 2.25 bits per heavy atom.